The number of aromatic nitrogens is 1. The second-order valence-electron chi connectivity index (χ2n) is 7.01. The number of halogens is 1. The highest BCUT2D eigenvalue weighted by Gasteiger charge is 2.28. The molecule has 2 aromatic rings. The number of hydrogen-bond acceptors (Lipinski definition) is 3. The summed E-state index contributed by atoms with van der Waals surface area (Å²) in [7, 11) is 0.896. The number of carbonyl (C=O) groups is 1. The molecule has 27 heavy (non-hydrogen) atoms. The van der Waals surface area contributed by atoms with Gasteiger partial charge in [-0.1, -0.05) is 13.8 Å². The van der Waals surface area contributed by atoms with Crippen LogP contribution in [0.25, 0.3) is 0 Å². The Bertz CT molecular complexity index is 960. The third-order valence-corrected chi connectivity index (χ3v) is 6.14. The Labute approximate surface area is 160 Å². The normalized spacial score (nSPS) is 19.3. The molecule has 3 N–H and O–H groups in total. The Morgan fingerprint density at radius 2 is 2.26 bits per heavy atom. The van der Waals surface area contributed by atoms with Gasteiger partial charge in [-0.2, -0.15) is 5.26 Å². The van der Waals surface area contributed by atoms with Crippen molar-refractivity contribution in [3.63, 3.8) is 0 Å². The van der Waals surface area contributed by atoms with E-state index in [-0.39, 0.29) is 17.5 Å². The highest BCUT2D eigenvalue weighted by molar-refractivity contribution is 7.84. The van der Waals surface area contributed by atoms with Gasteiger partial charge in [0.15, 0.2) is 0 Å². The number of amides is 1. The summed E-state index contributed by atoms with van der Waals surface area (Å²) >= 11 is 0. The maximum absolute atomic E-state index is 13.5. The summed E-state index contributed by atoms with van der Waals surface area (Å²) in [4.78, 5) is 13.7. The Morgan fingerprint density at radius 1 is 1.52 bits per heavy atom. The minimum Gasteiger partial charge on any atom is -0.345 e. The number of nitrogens with one attached hydrogen (secondary N) is 3. The number of aryl methyl sites for hydroxylation is 1. The molecule has 6 nitrogen and oxygen atoms in total. The molecule has 1 amide bonds. The number of fused-ring (bicyclic) bond motifs is 1. The first kappa shape index (κ1) is 19.3. The van der Waals surface area contributed by atoms with Crippen molar-refractivity contribution in [3.05, 3.63) is 47.0 Å². The molecule has 1 aliphatic heterocycles. The van der Waals surface area contributed by atoms with Gasteiger partial charge in [0.25, 0.3) is 5.91 Å². The van der Waals surface area contributed by atoms with Crippen LogP contribution in [0.5, 0.6) is 0 Å². The first-order valence-electron chi connectivity index (χ1n) is 8.72. The SMILES string of the molecule is CC(C)C1CCc2c(cn(C)c2C(=O)Nc2ccc(F)c(C#N)c2)S(=N)N1. The molecule has 0 saturated heterocycles. The van der Waals surface area contributed by atoms with Crippen molar-refractivity contribution in [1.29, 1.82) is 10.0 Å². The van der Waals surface area contributed by atoms with Crippen molar-refractivity contribution >= 4 is 22.5 Å². The van der Waals surface area contributed by atoms with E-state index in [4.69, 9.17) is 10.0 Å². The Morgan fingerprint density at radius 3 is 2.93 bits per heavy atom. The quantitative estimate of drug-likeness (QED) is 0.752. The zero-order valence-corrected chi connectivity index (χ0v) is 16.3. The van der Waals surface area contributed by atoms with E-state index in [2.05, 4.69) is 23.9 Å². The lowest BCUT2D eigenvalue weighted by Crippen LogP contribution is -2.33. The number of hydrogen-bond donors (Lipinski definition) is 3. The smallest absolute Gasteiger partial charge is 0.272 e. The molecule has 0 bridgehead atoms. The molecule has 0 radical (unpaired) electrons. The molecular weight excluding hydrogens is 365 g/mol. The zero-order chi connectivity index (χ0) is 19.7. The molecule has 2 atom stereocenters. The van der Waals surface area contributed by atoms with Crippen molar-refractivity contribution < 1.29 is 9.18 Å². The van der Waals surface area contributed by atoms with Gasteiger partial charge in [0, 0.05) is 25.0 Å². The first-order valence-corrected chi connectivity index (χ1v) is 9.95. The lowest BCUT2D eigenvalue weighted by molar-refractivity contribution is 0.101. The van der Waals surface area contributed by atoms with Crippen LogP contribution in [-0.4, -0.2) is 16.5 Å². The summed E-state index contributed by atoms with van der Waals surface area (Å²) < 4.78 is 27.0. The molecule has 0 saturated carbocycles. The maximum Gasteiger partial charge on any atom is 0.272 e. The van der Waals surface area contributed by atoms with Gasteiger partial charge in [-0.05, 0) is 53.4 Å². The number of nitriles is 1. The minimum absolute atomic E-state index is 0.116. The van der Waals surface area contributed by atoms with E-state index in [9.17, 15) is 9.18 Å². The summed E-state index contributed by atoms with van der Waals surface area (Å²) in [5.41, 5.74) is 1.63. The zero-order valence-electron chi connectivity index (χ0n) is 15.5. The van der Waals surface area contributed by atoms with Crippen LogP contribution >= 0.6 is 0 Å². The minimum atomic E-state index is -0.887. The van der Waals surface area contributed by atoms with Crippen LogP contribution in [-0.2, 0) is 24.3 Å². The molecule has 1 aliphatic rings. The summed E-state index contributed by atoms with van der Waals surface area (Å²) in [5, 5.41) is 11.7. The van der Waals surface area contributed by atoms with Crippen LogP contribution in [0.3, 0.4) is 0 Å². The summed E-state index contributed by atoms with van der Waals surface area (Å²) in [6, 6.07) is 5.92. The topological polar surface area (TPSA) is 93.7 Å². The summed E-state index contributed by atoms with van der Waals surface area (Å²) in [5.74, 6) is -0.537. The standard InChI is InChI=1S/C19H22FN5OS/c1-11(2)16-7-5-14-17(27(22)24-16)10-25(3)18(14)19(26)23-13-4-6-15(20)12(8-13)9-21/h4,6,8,10-11,16H,5,7H2,1-3H3,(H2,22,24)(H,23,26). The van der Waals surface area contributed by atoms with Crippen molar-refractivity contribution in [3.8, 4) is 6.07 Å². The van der Waals surface area contributed by atoms with Crippen molar-refractivity contribution in [1.82, 2.24) is 9.29 Å². The van der Waals surface area contributed by atoms with Crippen LogP contribution in [0.15, 0.2) is 29.3 Å². The van der Waals surface area contributed by atoms with Crippen molar-refractivity contribution in [2.24, 2.45) is 13.0 Å². The predicted molar refractivity (Wildman–Crippen MR) is 103 cm³/mol. The van der Waals surface area contributed by atoms with Gasteiger partial charge in [0.1, 0.15) is 17.6 Å². The maximum atomic E-state index is 13.5. The Balaban J connectivity index is 1.91. The fourth-order valence-corrected chi connectivity index (χ4v) is 4.81. The van der Waals surface area contributed by atoms with Gasteiger partial charge in [-0.25, -0.2) is 9.11 Å². The second kappa shape index (κ2) is 7.62. The molecular formula is C19H22FN5OS. The third kappa shape index (κ3) is 3.80. The second-order valence-corrected chi connectivity index (χ2v) is 8.29. The van der Waals surface area contributed by atoms with Crippen LogP contribution in [0.4, 0.5) is 10.1 Å². The summed E-state index contributed by atoms with van der Waals surface area (Å²) in [6.07, 6.45) is 3.40. The van der Waals surface area contributed by atoms with Crippen LogP contribution < -0.4 is 10.0 Å². The molecule has 8 heteroatoms. The van der Waals surface area contributed by atoms with E-state index in [0.717, 1.165) is 22.9 Å². The van der Waals surface area contributed by atoms with E-state index < -0.39 is 16.7 Å². The first-order chi connectivity index (χ1) is 12.8. The Hall–Kier alpha value is -2.50. The monoisotopic (exact) mass is 387 g/mol. The van der Waals surface area contributed by atoms with Gasteiger partial charge < -0.3 is 9.88 Å². The number of rotatable bonds is 3. The average Bonchev–Trinajstić information content (AvgIpc) is 2.87. The van der Waals surface area contributed by atoms with Gasteiger partial charge in [-0.15, -0.1) is 0 Å². The highest BCUT2D eigenvalue weighted by atomic mass is 32.2. The highest BCUT2D eigenvalue weighted by Crippen LogP contribution is 2.28. The van der Waals surface area contributed by atoms with E-state index in [1.54, 1.807) is 17.7 Å². The molecule has 1 aromatic carbocycles. The van der Waals surface area contributed by atoms with E-state index >= 15 is 0 Å². The lowest BCUT2D eigenvalue weighted by Gasteiger charge is -2.20. The van der Waals surface area contributed by atoms with E-state index in [1.165, 1.54) is 12.1 Å². The van der Waals surface area contributed by atoms with Gasteiger partial charge in [0.05, 0.1) is 10.5 Å². The molecule has 2 heterocycles. The molecule has 3 rings (SSSR count). The largest absolute Gasteiger partial charge is 0.345 e. The van der Waals surface area contributed by atoms with Crippen LogP contribution in [0.1, 0.15) is 41.9 Å². The number of benzene rings is 1. The van der Waals surface area contributed by atoms with E-state index in [0.29, 0.717) is 23.7 Å². The van der Waals surface area contributed by atoms with Crippen molar-refractivity contribution in [2.45, 2.75) is 37.6 Å². The molecule has 0 aliphatic carbocycles. The molecule has 0 spiro atoms. The number of anilines is 1. The lowest BCUT2D eigenvalue weighted by atomic mass is 9.97. The predicted octanol–water partition coefficient (Wildman–Crippen LogP) is 3.50. The van der Waals surface area contributed by atoms with Crippen LogP contribution in [0, 0.1) is 27.8 Å². The number of nitrogens with zero attached hydrogens (tertiary/aromatic N) is 2. The Kier molecular flexibility index (Phi) is 5.44. The molecule has 2 unspecified atom stereocenters. The molecule has 1 aromatic heterocycles. The average molecular weight is 387 g/mol. The van der Waals surface area contributed by atoms with Gasteiger partial charge in [0.2, 0.25) is 0 Å². The fourth-order valence-electron chi connectivity index (χ4n) is 3.28. The number of carbonyl (C=O) groups excluding carboxylic acids is 1. The summed E-state index contributed by atoms with van der Waals surface area (Å²) in [6.45, 7) is 4.25. The fraction of sp³-hybridized carbons (Fsp3) is 0.368. The van der Waals surface area contributed by atoms with Crippen LogP contribution in [0.2, 0.25) is 0 Å². The van der Waals surface area contributed by atoms with Gasteiger partial charge in [-0.3, -0.25) is 9.57 Å². The molecule has 0 fully saturated rings. The third-order valence-electron chi connectivity index (χ3n) is 4.81. The van der Waals surface area contributed by atoms with Crippen molar-refractivity contribution in [2.75, 3.05) is 5.32 Å². The van der Waals surface area contributed by atoms with E-state index in [1.807, 2.05) is 6.20 Å². The van der Waals surface area contributed by atoms with Gasteiger partial charge >= 0.3 is 0 Å². The molecule has 142 valence electrons.